The number of carbonyl (C=O) groups excluding carboxylic acids is 1. The highest BCUT2D eigenvalue weighted by Crippen LogP contribution is 2.10. The minimum Gasteiger partial charge on any atom is -0.311 e. The van der Waals surface area contributed by atoms with Crippen molar-refractivity contribution in [3.05, 3.63) is 29.8 Å². The average Bonchev–Trinajstić information content (AvgIpc) is 2.25. The Morgan fingerprint density at radius 2 is 2.31 bits per heavy atom. The summed E-state index contributed by atoms with van der Waals surface area (Å²) in [5.74, 6) is 0. The van der Waals surface area contributed by atoms with E-state index in [-0.39, 0.29) is 12.6 Å². The third-order valence-corrected chi connectivity index (χ3v) is 2.20. The summed E-state index contributed by atoms with van der Waals surface area (Å²) in [6, 6.07) is 9.27. The van der Waals surface area contributed by atoms with Gasteiger partial charge in [-0.15, -0.1) is 0 Å². The lowest BCUT2D eigenvalue weighted by Crippen LogP contribution is -2.35. The summed E-state index contributed by atoms with van der Waals surface area (Å²) >= 11 is 0. The fourth-order valence-electron chi connectivity index (χ4n) is 1.34. The molecule has 0 radical (unpaired) electrons. The van der Waals surface area contributed by atoms with Gasteiger partial charge in [0.05, 0.1) is 6.07 Å². The highest BCUT2D eigenvalue weighted by atomic mass is 16.2. The summed E-state index contributed by atoms with van der Waals surface area (Å²) in [5, 5.41) is 11.3. The van der Waals surface area contributed by atoms with Crippen LogP contribution in [0.15, 0.2) is 24.3 Å². The molecule has 1 N–H and O–H groups in total. The van der Waals surface area contributed by atoms with Gasteiger partial charge < -0.3 is 10.2 Å². The van der Waals surface area contributed by atoms with Gasteiger partial charge in [-0.25, -0.2) is 4.79 Å². The number of hydrogen-bond donors (Lipinski definition) is 1. The van der Waals surface area contributed by atoms with Crippen LogP contribution in [0.1, 0.15) is 12.5 Å². The van der Waals surface area contributed by atoms with Crippen LogP contribution in [0.2, 0.25) is 0 Å². The van der Waals surface area contributed by atoms with Crippen molar-refractivity contribution < 1.29 is 4.79 Å². The molecule has 0 aliphatic carbocycles. The van der Waals surface area contributed by atoms with E-state index in [9.17, 15) is 4.79 Å². The maximum Gasteiger partial charge on any atom is 0.322 e. The van der Waals surface area contributed by atoms with Crippen LogP contribution in [0, 0.1) is 18.3 Å². The maximum absolute atomic E-state index is 11.7. The number of aryl methyl sites for hydroxylation is 1. The number of nitrogens with zero attached hydrogens (tertiary/aromatic N) is 2. The minimum absolute atomic E-state index is 0.105. The average molecular weight is 217 g/mol. The maximum atomic E-state index is 11.7. The number of amides is 2. The predicted octanol–water partition coefficient (Wildman–Crippen LogP) is 2.37. The van der Waals surface area contributed by atoms with Gasteiger partial charge in [-0.1, -0.05) is 12.1 Å². The van der Waals surface area contributed by atoms with E-state index in [1.807, 2.05) is 44.2 Å². The molecule has 84 valence electrons. The van der Waals surface area contributed by atoms with Gasteiger partial charge in [-0.05, 0) is 31.5 Å². The molecular weight excluding hydrogens is 202 g/mol. The van der Waals surface area contributed by atoms with E-state index in [1.165, 1.54) is 4.90 Å². The SMILES string of the molecule is CCN(CC#N)C(=O)Nc1cccc(C)c1. The molecule has 1 aromatic carbocycles. The Kier molecular flexibility index (Phi) is 4.34. The van der Waals surface area contributed by atoms with Gasteiger partial charge in [-0.3, -0.25) is 0 Å². The van der Waals surface area contributed by atoms with E-state index in [4.69, 9.17) is 5.26 Å². The second-order valence-corrected chi connectivity index (χ2v) is 3.47. The van der Waals surface area contributed by atoms with E-state index in [2.05, 4.69) is 5.32 Å². The molecule has 0 heterocycles. The Bertz CT molecular complexity index is 409. The van der Waals surface area contributed by atoms with Crippen molar-refractivity contribution in [3.8, 4) is 6.07 Å². The first-order chi connectivity index (χ1) is 7.67. The molecule has 4 nitrogen and oxygen atoms in total. The molecule has 0 unspecified atom stereocenters. The van der Waals surface area contributed by atoms with Gasteiger partial charge >= 0.3 is 6.03 Å². The van der Waals surface area contributed by atoms with Crippen LogP contribution in [0.5, 0.6) is 0 Å². The lowest BCUT2D eigenvalue weighted by atomic mass is 10.2. The number of nitriles is 1. The van der Waals surface area contributed by atoms with Crippen molar-refractivity contribution in [1.82, 2.24) is 4.90 Å². The molecule has 0 atom stereocenters. The summed E-state index contributed by atoms with van der Waals surface area (Å²) < 4.78 is 0. The Morgan fingerprint density at radius 3 is 2.88 bits per heavy atom. The highest BCUT2D eigenvalue weighted by Gasteiger charge is 2.10. The molecule has 0 saturated heterocycles. The molecule has 0 spiro atoms. The fraction of sp³-hybridized carbons (Fsp3) is 0.333. The number of rotatable bonds is 3. The largest absolute Gasteiger partial charge is 0.322 e. The Hall–Kier alpha value is -2.02. The second-order valence-electron chi connectivity index (χ2n) is 3.47. The molecule has 1 aromatic rings. The molecule has 2 amide bonds. The van der Waals surface area contributed by atoms with E-state index in [0.717, 1.165) is 11.3 Å². The van der Waals surface area contributed by atoms with Gasteiger partial charge in [0.1, 0.15) is 6.54 Å². The lowest BCUT2D eigenvalue weighted by Gasteiger charge is -2.17. The molecule has 1 rings (SSSR count). The molecule has 0 saturated carbocycles. The standard InChI is InChI=1S/C12H15N3O/c1-3-15(8-7-13)12(16)14-11-6-4-5-10(2)9-11/h4-6,9H,3,8H2,1-2H3,(H,14,16). The van der Waals surface area contributed by atoms with Gasteiger partial charge in [-0.2, -0.15) is 5.26 Å². The minimum atomic E-state index is -0.241. The van der Waals surface area contributed by atoms with Crippen LogP contribution >= 0.6 is 0 Å². The van der Waals surface area contributed by atoms with Gasteiger partial charge in [0, 0.05) is 12.2 Å². The smallest absolute Gasteiger partial charge is 0.311 e. The van der Waals surface area contributed by atoms with Crippen LogP contribution in [0.25, 0.3) is 0 Å². The molecule has 0 aliphatic heterocycles. The first-order valence-corrected chi connectivity index (χ1v) is 5.17. The third-order valence-electron chi connectivity index (χ3n) is 2.20. The van der Waals surface area contributed by atoms with Crippen LogP contribution in [0.3, 0.4) is 0 Å². The van der Waals surface area contributed by atoms with E-state index < -0.39 is 0 Å². The summed E-state index contributed by atoms with van der Waals surface area (Å²) in [4.78, 5) is 13.2. The van der Waals surface area contributed by atoms with Crippen molar-refractivity contribution >= 4 is 11.7 Å². The summed E-state index contributed by atoms with van der Waals surface area (Å²) in [5.41, 5.74) is 1.84. The van der Waals surface area contributed by atoms with Crippen molar-refractivity contribution in [1.29, 1.82) is 5.26 Å². The topological polar surface area (TPSA) is 56.1 Å². The summed E-state index contributed by atoms with van der Waals surface area (Å²) in [6.07, 6.45) is 0. The van der Waals surface area contributed by atoms with Crippen molar-refractivity contribution in [2.75, 3.05) is 18.4 Å². The van der Waals surface area contributed by atoms with E-state index in [0.29, 0.717) is 6.54 Å². The number of anilines is 1. The molecule has 0 bridgehead atoms. The van der Waals surface area contributed by atoms with Crippen molar-refractivity contribution in [2.24, 2.45) is 0 Å². The fourth-order valence-corrected chi connectivity index (χ4v) is 1.34. The van der Waals surface area contributed by atoms with Crippen molar-refractivity contribution in [2.45, 2.75) is 13.8 Å². The molecule has 4 heteroatoms. The Morgan fingerprint density at radius 1 is 1.56 bits per heavy atom. The second kappa shape index (κ2) is 5.76. The van der Waals surface area contributed by atoms with E-state index >= 15 is 0 Å². The van der Waals surface area contributed by atoms with E-state index in [1.54, 1.807) is 0 Å². The predicted molar refractivity (Wildman–Crippen MR) is 63.1 cm³/mol. The van der Waals surface area contributed by atoms with Gasteiger partial charge in [0.25, 0.3) is 0 Å². The zero-order chi connectivity index (χ0) is 12.0. The Labute approximate surface area is 95.5 Å². The normalized spacial score (nSPS) is 9.31. The number of benzene rings is 1. The summed E-state index contributed by atoms with van der Waals surface area (Å²) in [6.45, 7) is 4.43. The first kappa shape index (κ1) is 12.1. The van der Waals surface area contributed by atoms with Crippen LogP contribution < -0.4 is 5.32 Å². The lowest BCUT2D eigenvalue weighted by molar-refractivity contribution is 0.220. The third kappa shape index (κ3) is 3.28. The zero-order valence-corrected chi connectivity index (χ0v) is 9.53. The molecule has 16 heavy (non-hydrogen) atoms. The number of carbonyl (C=O) groups is 1. The zero-order valence-electron chi connectivity index (χ0n) is 9.53. The quantitative estimate of drug-likeness (QED) is 0.790. The Balaban J connectivity index is 2.67. The first-order valence-electron chi connectivity index (χ1n) is 5.17. The van der Waals surface area contributed by atoms with Crippen LogP contribution in [0.4, 0.5) is 10.5 Å². The van der Waals surface area contributed by atoms with Crippen LogP contribution in [-0.4, -0.2) is 24.0 Å². The van der Waals surface area contributed by atoms with Gasteiger partial charge in [0.2, 0.25) is 0 Å². The molecule has 0 aromatic heterocycles. The van der Waals surface area contributed by atoms with Gasteiger partial charge in [0.15, 0.2) is 0 Å². The van der Waals surface area contributed by atoms with Crippen LogP contribution in [-0.2, 0) is 0 Å². The number of hydrogen-bond acceptors (Lipinski definition) is 2. The summed E-state index contributed by atoms with van der Waals surface area (Å²) in [7, 11) is 0. The highest BCUT2D eigenvalue weighted by molar-refractivity contribution is 5.89. The number of urea groups is 1. The monoisotopic (exact) mass is 217 g/mol. The molecular formula is C12H15N3O. The van der Waals surface area contributed by atoms with Crippen molar-refractivity contribution in [3.63, 3.8) is 0 Å². The molecule has 0 fully saturated rings. The molecule has 0 aliphatic rings. The number of nitrogens with one attached hydrogen (secondary N) is 1.